The van der Waals surface area contributed by atoms with E-state index in [9.17, 15) is 0 Å². The van der Waals surface area contributed by atoms with Crippen molar-refractivity contribution in [3.63, 3.8) is 0 Å². The molecule has 0 unspecified atom stereocenters. The summed E-state index contributed by atoms with van der Waals surface area (Å²) in [6.45, 7) is 5.04. The largest absolute Gasteiger partial charge is 0.260 e. The van der Waals surface area contributed by atoms with Crippen LogP contribution in [0.3, 0.4) is 0 Å². The molecule has 0 bridgehead atoms. The number of halogens is 2. The second kappa shape index (κ2) is 8.06. The molecule has 0 saturated heterocycles. The Balaban J connectivity index is 1.81. The zero-order valence-electron chi connectivity index (χ0n) is 15.8. The molecule has 0 aliphatic heterocycles. The van der Waals surface area contributed by atoms with Crippen LogP contribution in [0.4, 0.5) is 0 Å². The Morgan fingerprint density at radius 3 is 2.00 bits per heavy atom. The molecule has 0 N–H and O–H groups in total. The highest BCUT2D eigenvalue weighted by Crippen LogP contribution is 2.29. The number of nitrogens with zero attached hydrogens (tertiary/aromatic N) is 2. The average molecular weight is 496 g/mol. The van der Waals surface area contributed by atoms with Crippen LogP contribution >= 0.6 is 31.9 Å². The van der Waals surface area contributed by atoms with E-state index in [0.717, 1.165) is 38.0 Å². The van der Waals surface area contributed by atoms with Crippen LogP contribution in [0.5, 0.6) is 0 Å². The molecule has 0 spiro atoms. The molecule has 28 heavy (non-hydrogen) atoms. The van der Waals surface area contributed by atoms with Gasteiger partial charge in [-0.3, -0.25) is 4.68 Å². The molecule has 1 aromatic heterocycles. The van der Waals surface area contributed by atoms with Crippen molar-refractivity contribution in [3.05, 3.63) is 98.4 Å². The molecular formula is C24H20Br2N2. The minimum absolute atomic E-state index is 0.745. The number of hydrogen-bond donors (Lipinski definition) is 0. The van der Waals surface area contributed by atoms with Gasteiger partial charge in [0.2, 0.25) is 0 Å². The van der Waals surface area contributed by atoms with E-state index in [2.05, 4.69) is 123 Å². The van der Waals surface area contributed by atoms with Crippen LogP contribution in [0.2, 0.25) is 0 Å². The summed E-state index contributed by atoms with van der Waals surface area (Å²) in [7, 11) is 0. The van der Waals surface area contributed by atoms with Gasteiger partial charge < -0.3 is 0 Å². The molecule has 3 aromatic carbocycles. The summed E-state index contributed by atoms with van der Waals surface area (Å²) in [6, 6.07) is 25.5. The second-order valence-electron chi connectivity index (χ2n) is 7.02. The van der Waals surface area contributed by atoms with Crippen molar-refractivity contribution in [3.8, 4) is 22.5 Å². The number of benzene rings is 3. The highest BCUT2D eigenvalue weighted by molar-refractivity contribution is 9.10. The van der Waals surface area contributed by atoms with Gasteiger partial charge in [-0.25, -0.2) is 0 Å². The molecule has 4 aromatic rings. The molecule has 0 saturated carbocycles. The maximum absolute atomic E-state index is 4.96. The quantitative estimate of drug-likeness (QED) is 0.288. The Labute approximate surface area is 182 Å². The van der Waals surface area contributed by atoms with Gasteiger partial charge >= 0.3 is 0 Å². The summed E-state index contributed by atoms with van der Waals surface area (Å²) in [4.78, 5) is 0. The lowest BCUT2D eigenvalue weighted by Crippen LogP contribution is -2.05. The standard InChI is InChI=1S/C24H20Br2N2/c1-16-3-4-17(2)20(13-16)15-28-24(19-7-11-22(26)12-8-19)14-23(27-28)18-5-9-21(25)10-6-18/h3-14H,15H2,1-2H3. The highest BCUT2D eigenvalue weighted by atomic mass is 79.9. The van der Waals surface area contributed by atoms with Gasteiger partial charge in [-0.05, 0) is 60.9 Å². The van der Waals surface area contributed by atoms with E-state index in [4.69, 9.17) is 5.10 Å². The fourth-order valence-electron chi connectivity index (χ4n) is 3.28. The van der Waals surface area contributed by atoms with Crippen molar-refractivity contribution >= 4 is 31.9 Å². The first-order valence-corrected chi connectivity index (χ1v) is 10.7. The van der Waals surface area contributed by atoms with Crippen LogP contribution in [-0.4, -0.2) is 9.78 Å². The van der Waals surface area contributed by atoms with Crippen molar-refractivity contribution in [2.75, 3.05) is 0 Å². The molecule has 0 atom stereocenters. The molecule has 0 aliphatic carbocycles. The second-order valence-corrected chi connectivity index (χ2v) is 8.85. The first-order valence-electron chi connectivity index (χ1n) is 9.15. The van der Waals surface area contributed by atoms with Crippen molar-refractivity contribution in [1.82, 2.24) is 9.78 Å². The van der Waals surface area contributed by atoms with Crippen LogP contribution in [0.25, 0.3) is 22.5 Å². The molecule has 2 nitrogen and oxygen atoms in total. The van der Waals surface area contributed by atoms with Gasteiger partial charge in [-0.2, -0.15) is 5.10 Å². The van der Waals surface area contributed by atoms with E-state index in [1.165, 1.54) is 16.7 Å². The number of hydrogen-bond acceptors (Lipinski definition) is 1. The Morgan fingerprint density at radius 2 is 1.36 bits per heavy atom. The molecule has 140 valence electrons. The normalized spacial score (nSPS) is 11.0. The summed E-state index contributed by atoms with van der Waals surface area (Å²) in [5.41, 5.74) is 8.22. The van der Waals surface area contributed by atoms with Gasteiger partial charge in [0.25, 0.3) is 0 Å². The van der Waals surface area contributed by atoms with E-state index in [1.807, 2.05) is 0 Å². The van der Waals surface area contributed by atoms with Crippen LogP contribution in [0.15, 0.2) is 81.7 Å². The van der Waals surface area contributed by atoms with Gasteiger partial charge in [0.1, 0.15) is 0 Å². The fourth-order valence-corrected chi connectivity index (χ4v) is 3.81. The molecule has 1 heterocycles. The van der Waals surface area contributed by atoms with Crippen molar-refractivity contribution < 1.29 is 0 Å². The van der Waals surface area contributed by atoms with Crippen molar-refractivity contribution in [2.24, 2.45) is 0 Å². The first kappa shape index (κ1) is 19.2. The zero-order chi connectivity index (χ0) is 19.7. The third kappa shape index (κ3) is 4.13. The Bertz CT molecular complexity index is 1110. The number of aromatic nitrogens is 2. The van der Waals surface area contributed by atoms with Gasteiger partial charge in [0, 0.05) is 14.5 Å². The SMILES string of the molecule is Cc1ccc(C)c(Cn2nc(-c3ccc(Br)cc3)cc2-c2ccc(Br)cc2)c1. The maximum Gasteiger partial charge on any atom is 0.0929 e. The molecule has 4 rings (SSSR count). The molecule has 4 heteroatoms. The van der Waals surface area contributed by atoms with Gasteiger partial charge in [0.05, 0.1) is 17.9 Å². The average Bonchev–Trinajstić information content (AvgIpc) is 3.10. The smallest absolute Gasteiger partial charge is 0.0929 e. The zero-order valence-corrected chi connectivity index (χ0v) is 19.0. The molecule has 0 radical (unpaired) electrons. The van der Waals surface area contributed by atoms with Crippen LogP contribution < -0.4 is 0 Å². The topological polar surface area (TPSA) is 17.8 Å². The minimum Gasteiger partial charge on any atom is -0.260 e. The van der Waals surface area contributed by atoms with Crippen LogP contribution in [0, 0.1) is 13.8 Å². The Morgan fingerprint density at radius 1 is 0.750 bits per heavy atom. The number of rotatable bonds is 4. The summed E-state index contributed by atoms with van der Waals surface area (Å²) < 4.78 is 4.26. The predicted molar refractivity (Wildman–Crippen MR) is 124 cm³/mol. The van der Waals surface area contributed by atoms with Gasteiger partial charge in [-0.15, -0.1) is 0 Å². The summed E-state index contributed by atoms with van der Waals surface area (Å²) in [5, 5.41) is 4.96. The molecule has 0 amide bonds. The van der Waals surface area contributed by atoms with E-state index < -0.39 is 0 Å². The Kier molecular flexibility index (Phi) is 5.51. The van der Waals surface area contributed by atoms with Crippen molar-refractivity contribution in [2.45, 2.75) is 20.4 Å². The number of aryl methyl sites for hydroxylation is 2. The third-order valence-electron chi connectivity index (χ3n) is 4.88. The first-order chi connectivity index (χ1) is 13.5. The van der Waals surface area contributed by atoms with E-state index in [1.54, 1.807) is 0 Å². The minimum atomic E-state index is 0.745. The summed E-state index contributed by atoms with van der Waals surface area (Å²) >= 11 is 7.04. The summed E-state index contributed by atoms with van der Waals surface area (Å²) in [5.74, 6) is 0. The van der Waals surface area contributed by atoms with Gasteiger partial charge in [0.15, 0.2) is 0 Å². The van der Waals surface area contributed by atoms with Crippen molar-refractivity contribution in [1.29, 1.82) is 0 Å². The molecule has 0 fully saturated rings. The maximum atomic E-state index is 4.96. The fraction of sp³-hybridized carbons (Fsp3) is 0.125. The molecule has 0 aliphatic rings. The van der Waals surface area contributed by atoms with Crippen LogP contribution in [-0.2, 0) is 6.54 Å². The molecular weight excluding hydrogens is 476 g/mol. The van der Waals surface area contributed by atoms with E-state index in [0.29, 0.717) is 0 Å². The summed E-state index contributed by atoms with van der Waals surface area (Å²) in [6.07, 6.45) is 0. The lowest BCUT2D eigenvalue weighted by molar-refractivity contribution is 0.693. The van der Waals surface area contributed by atoms with Gasteiger partial charge in [-0.1, -0.05) is 79.9 Å². The van der Waals surface area contributed by atoms with Crippen LogP contribution in [0.1, 0.15) is 16.7 Å². The van der Waals surface area contributed by atoms with E-state index in [-0.39, 0.29) is 0 Å². The predicted octanol–water partition coefficient (Wildman–Crippen LogP) is 7.41. The monoisotopic (exact) mass is 494 g/mol. The van der Waals surface area contributed by atoms with E-state index >= 15 is 0 Å². The lowest BCUT2D eigenvalue weighted by Gasteiger charge is -2.11. The highest BCUT2D eigenvalue weighted by Gasteiger charge is 2.13. The Hall–Kier alpha value is -2.17. The third-order valence-corrected chi connectivity index (χ3v) is 5.94. The lowest BCUT2D eigenvalue weighted by atomic mass is 10.1.